The molecule has 0 aliphatic heterocycles. The van der Waals surface area contributed by atoms with E-state index in [1.165, 1.54) is 0 Å². The Hall–Kier alpha value is -1.75. The molecule has 6 heteroatoms. The van der Waals surface area contributed by atoms with Gasteiger partial charge in [-0.15, -0.1) is 0 Å². The molecule has 0 fully saturated rings. The molecular formula is C14H19ClN2O3. The monoisotopic (exact) mass is 298 g/mol. The number of ether oxygens (including phenoxy) is 1. The molecule has 0 saturated carbocycles. The maximum atomic E-state index is 11.7. The van der Waals surface area contributed by atoms with Crippen LogP contribution in [0.2, 0.25) is 5.02 Å². The third-order valence-corrected chi connectivity index (χ3v) is 2.40. The lowest BCUT2D eigenvalue weighted by atomic mass is 10.2. The fourth-order valence-corrected chi connectivity index (χ4v) is 1.76. The number of nitrogen functional groups attached to an aromatic ring is 1. The van der Waals surface area contributed by atoms with Crippen molar-refractivity contribution >= 4 is 34.9 Å². The fourth-order valence-electron chi connectivity index (χ4n) is 1.52. The quantitative estimate of drug-likeness (QED) is 0.661. The Morgan fingerprint density at radius 3 is 2.45 bits per heavy atom. The summed E-state index contributed by atoms with van der Waals surface area (Å²) in [6.07, 6.45) is 0.0699. The summed E-state index contributed by atoms with van der Waals surface area (Å²) in [5.41, 5.74) is 6.03. The number of hydrogen-bond donors (Lipinski definition) is 2. The number of rotatable bonds is 4. The Morgan fingerprint density at radius 2 is 1.90 bits per heavy atom. The van der Waals surface area contributed by atoms with Crippen LogP contribution in [-0.4, -0.2) is 17.5 Å². The molecule has 0 bridgehead atoms. The van der Waals surface area contributed by atoms with Gasteiger partial charge in [-0.2, -0.15) is 0 Å². The maximum Gasteiger partial charge on any atom is 0.306 e. The zero-order valence-electron chi connectivity index (χ0n) is 11.8. The molecule has 1 amide bonds. The van der Waals surface area contributed by atoms with Gasteiger partial charge in [0.1, 0.15) is 5.60 Å². The van der Waals surface area contributed by atoms with Gasteiger partial charge in [0.25, 0.3) is 0 Å². The van der Waals surface area contributed by atoms with E-state index in [9.17, 15) is 9.59 Å². The first kappa shape index (κ1) is 16.3. The van der Waals surface area contributed by atoms with E-state index in [-0.39, 0.29) is 18.7 Å². The lowest BCUT2D eigenvalue weighted by Crippen LogP contribution is -2.24. The van der Waals surface area contributed by atoms with Crippen molar-refractivity contribution in [2.45, 2.75) is 39.2 Å². The number of carbonyl (C=O) groups is 2. The summed E-state index contributed by atoms with van der Waals surface area (Å²) < 4.78 is 5.12. The number of amides is 1. The Labute approximate surface area is 123 Å². The molecule has 3 N–H and O–H groups in total. The average molecular weight is 299 g/mol. The van der Waals surface area contributed by atoms with Crippen molar-refractivity contribution in [2.24, 2.45) is 0 Å². The highest BCUT2D eigenvalue weighted by molar-refractivity contribution is 6.31. The summed E-state index contributed by atoms with van der Waals surface area (Å²) in [4.78, 5) is 23.2. The lowest BCUT2D eigenvalue weighted by molar-refractivity contribution is -0.155. The molecule has 0 aliphatic rings. The van der Waals surface area contributed by atoms with Crippen molar-refractivity contribution in [1.82, 2.24) is 0 Å². The molecule has 0 radical (unpaired) electrons. The molecule has 110 valence electrons. The number of anilines is 2. The highest BCUT2D eigenvalue weighted by Crippen LogP contribution is 2.20. The molecule has 0 aromatic heterocycles. The third-order valence-electron chi connectivity index (χ3n) is 2.18. The van der Waals surface area contributed by atoms with Crippen molar-refractivity contribution in [3.63, 3.8) is 0 Å². The van der Waals surface area contributed by atoms with Gasteiger partial charge in [0.05, 0.1) is 6.42 Å². The molecule has 0 spiro atoms. The summed E-state index contributed by atoms with van der Waals surface area (Å²) in [7, 11) is 0. The Morgan fingerprint density at radius 1 is 1.25 bits per heavy atom. The van der Waals surface area contributed by atoms with Crippen molar-refractivity contribution in [3.05, 3.63) is 23.2 Å². The first-order valence-electron chi connectivity index (χ1n) is 6.23. The maximum absolute atomic E-state index is 11.7. The van der Waals surface area contributed by atoms with Gasteiger partial charge in [0, 0.05) is 22.8 Å². The molecule has 0 atom stereocenters. The molecule has 1 aromatic carbocycles. The first-order valence-corrected chi connectivity index (χ1v) is 6.61. The SMILES string of the molecule is CC(C)(C)OC(=O)CCC(=O)Nc1cc(N)cc(Cl)c1. The Balaban J connectivity index is 2.46. The zero-order valence-corrected chi connectivity index (χ0v) is 12.6. The molecule has 0 unspecified atom stereocenters. The van der Waals surface area contributed by atoms with Gasteiger partial charge in [0.15, 0.2) is 0 Å². The topological polar surface area (TPSA) is 81.4 Å². The Bertz CT molecular complexity index is 489. The Kier molecular flexibility index (Phi) is 5.39. The summed E-state index contributed by atoms with van der Waals surface area (Å²) in [6.45, 7) is 5.33. The van der Waals surface area contributed by atoms with E-state index in [1.807, 2.05) is 0 Å². The second-order valence-electron chi connectivity index (χ2n) is 5.41. The van der Waals surface area contributed by atoms with Gasteiger partial charge in [-0.3, -0.25) is 9.59 Å². The molecular weight excluding hydrogens is 280 g/mol. The second kappa shape index (κ2) is 6.61. The number of benzene rings is 1. The lowest BCUT2D eigenvalue weighted by Gasteiger charge is -2.19. The van der Waals surface area contributed by atoms with Gasteiger partial charge in [0.2, 0.25) is 5.91 Å². The van der Waals surface area contributed by atoms with Crippen LogP contribution in [0.1, 0.15) is 33.6 Å². The number of halogens is 1. The van der Waals surface area contributed by atoms with E-state index in [2.05, 4.69) is 5.32 Å². The molecule has 1 rings (SSSR count). The van der Waals surface area contributed by atoms with Crippen LogP contribution in [0.15, 0.2) is 18.2 Å². The average Bonchev–Trinajstić information content (AvgIpc) is 2.22. The van der Waals surface area contributed by atoms with Gasteiger partial charge in [-0.1, -0.05) is 11.6 Å². The summed E-state index contributed by atoms with van der Waals surface area (Å²) >= 11 is 5.83. The van der Waals surface area contributed by atoms with Crippen LogP contribution in [0.25, 0.3) is 0 Å². The highest BCUT2D eigenvalue weighted by atomic mass is 35.5. The summed E-state index contributed by atoms with van der Waals surface area (Å²) in [5, 5.41) is 3.07. The van der Waals surface area contributed by atoms with Crippen molar-refractivity contribution in [2.75, 3.05) is 11.1 Å². The van der Waals surface area contributed by atoms with Crippen LogP contribution < -0.4 is 11.1 Å². The number of esters is 1. The van der Waals surface area contributed by atoms with Gasteiger partial charge < -0.3 is 15.8 Å². The number of nitrogens with one attached hydrogen (secondary N) is 1. The van der Waals surface area contributed by atoms with Gasteiger partial charge in [-0.05, 0) is 39.0 Å². The van der Waals surface area contributed by atoms with E-state index in [4.69, 9.17) is 22.1 Å². The number of carbonyl (C=O) groups excluding carboxylic acids is 2. The smallest absolute Gasteiger partial charge is 0.306 e. The van der Waals surface area contributed by atoms with E-state index in [1.54, 1.807) is 39.0 Å². The molecule has 0 saturated heterocycles. The van der Waals surface area contributed by atoms with E-state index < -0.39 is 11.6 Å². The normalized spacial score (nSPS) is 11.0. The molecule has 1 aromatic rings. The standard InChI is InChI=1S/C14H19ClN2O3/c1-14(2,3)20-13(19)5-4-12(18)17-11-7-9(15)6-10(16)8-11/h6-8H,4-5,16H2,1-3H3,(H,17,18). The number of hydrogen-bond acceptors (Lipinski definition) is 4. The van der Waals surface area contributed by atoms with Gasteiger partial charge in [-0.25, -0.2) is 0 Å². The third kappa shape index (κ3) is 6.43. The zero-order chi connectivity index (χ0) is 15.3. The fraction of sp³-hybridized carbons (Fsp3) is 0.429. The highest BCUT2D eigenvalue weighted by Gasteiger charge is 2.17. The minimum absolute atomic E-state index is 0.0269. The van der Waals surface area contributed by atoms with E-state index in [0.29, 0.717) is 16.4 Å². The van der Waals surface area contributed by atoms with Gasteiger partial charge >= 0.3 is 5.97 Å². The minimum atomic E-state index is -0.547. The van der Waals surface area contributed by atoms with Crippen molar-refractivity contribution in [3.8, 4) is 0 Å². The minimum Gasteiger partial charge on any atom is -0.460 e. The first-order chi connectivity index (χ1) is 9.15. The van der Waals surface area contributed by atoms with Crippen molar-refractivity contribution < 1.29 is 14.3 Å². The van der Waals surface area contributed by atoms with E-state index >= 15 is 0 Å². The van der Waals surface area contributed by atoms with Crippen LogP contribution in [0.4, 0.5) is 11.4 Å². The molecule has 0 heterocycles. The summed E-state index contributed by atoms with van der Waals surface area (Å²) in [5.74, 6) is -0.698. The largest absolute Gasteiger partial charge is 0.460 e. The van der Waals surface area contributed by atoms with Crippen LogP contribution in [0.5, 0.6) is 0 Å². The second-order valence-corrected chi connectivity index (χ2v) is 5.84. The molecule has 0 aliphatic carbocycles. The van der Waals surface area contributed by atoms with E-state index in [0.717, 1.165) is 0 Å². The van der Waals surface area contributed by atoms with Crippen LogP contribution >= 0.6 is 11.6 Å². The summed E-state index contributed by atoms with van der Waals surface area (Å²) in [6, 6.07) is 4.76. The van der Waals surface area contributed by atoms with Crippen LogP contribution in [-0.2, 0) is 14.3 Å². The predicted molar refractivity (Wildman–Crippen MR) is 79.6 cm³/mol. The molecule has 20 heavy (non-hydrogen) atoms. The van der Waals surface area contributed by atoms with Crippen molar-refractivity contribution in [1.29, 1.82) is 0 Å². The number of nitrogens with two attached hydrogens (primary N) is 1. The predicted octanol–water partition coefficient (Wildman–Crippen LogP) is 2.98. The van der Waals surface area contributed by atoms with Crippen LogP contribution in [0, 0.1) is 0 Å². The molecule has 5 nitrogen and oxygen atoms in total. The van der Waals surface area contributed by atoms with Crippen LogP contribution in [0.3, 0.4) is 0 Å².